The second-order valence-electron chi connectivity index (χ2n) is 5.94. The number of hydrogen-bond donors (Lipinski definition) is 1. The maximum atomic E-state index is 11.8. The molecular formula is C13H25N3O2. The van der Waals surface area contributed by atoms with Crippen LogP contribution < -0.4 is 0 Å². The van der Waals surface area contributed by atoms with Crippen molar-refractivity contribution in [2.75, 3.05) is 46.3 Å². The summed E-state index contributed by atoms with van der Waals surface area (Å²) in [7, 11) is 2.10. The van der Waals surface area contributed by atoms with Gasteiger partial charge in [0.25, 0.3) is 0 Å². The molecule has 18 heavy (non-hydrogen) atoms. The van der Waals surface area contributed by atoms with Gasteiger partial charge in [0.15, 0.2) is 0 Å². The normalized spacial score (nSPS) is 32.2. The molecule has 2 fully saturated rings. The molecular weight excluding hydrogens is 230 g/mol. The van der Waals surface area contributed by atoms with Gasteiger partial charge in [0.2, 0.25) is 0 Å². The zero-order chi connectivity index (χ0) is 13.3. The number of likely N-dealkylation sites (tertiary alicyclic amines) is 1. The van der Waals surface area contributed by atoms with Gasteiger partial charge in [-0.05, 0) is 27.3 Å². The number of piperazine rings is 1. The van der Waals surface area contributed by atoms with Crippen LogP contribution in [0.15, 0.2) is 0 Å². The minimum Gasteiger partial charge on any atom is -0.480 e. The maximum absolute atomic E-state index is 11.8. The van der Waals surface area contributed by atoms with Crippen molar-refractivity contribution in [2.24, 2.45) is 0 Å². The molecule has 1 unspecified atom stereocenters. The van der Waals surface area contributed by atoms with Crippen LogP contribution in [0.25, 0.3) is 0 Å². The molecule has 2 aliphatic rings. The van der Waals surface area contributed by atoms with E-state index in [4.69, 9.17) is 0 Å². The number of carboxylic acids is 1. The third-order valence-corrected chi connectivity index (χ3v) is 4.51. The lowest BCUT2D eigenvalue weighted by molar-refractivity contribution is -0.152. The van der Waals surface area contributed by atoms with E-state index >= 15 is 0 Å². The molecule has 0 radical (unpaired) electrons. The van der Waals surface area contributed by atoms with E-state index < -0.39 is 11.5 Å². The number of carbonyl (C=O) groups is 1. The lowest BCUT2D eigenvalue weighted by Crippen LogP contribution is -2.61. The molecule has 0 spiro atoms. The predicted molar refractivity (Wildman–Crippen MR) is 70.8 cm³/mol. The largest absolute Gasteiger partial charge is 0.480 e. The Morgan fingerprint density at radius 2 is 1.78 bits per heavy atom. The summed E-state index contributed by atoms with van der Waals surface area (Å²) in [5, 5.41) is 9.70. The van der Waals surface area contributed by atoms with Crippen LogP contribution in [-0.2, 0) is 4.79 Å². The van der Waals surface area contributed by atoms with Gasteiger partial charge in [-0.2, -0.15) is 0 Å². The van der Waals surface area contributed by atoms with Crippen molar-refractivity contribution in [1.29, 1.82) is 0 Å². The molecule has 1 atom stereocenters. The second kappa shape index (κ2) is 5.15. The van der Waals surface area contributed by atoms with Gasteiger partial charge in [-0.15, -0.1) is 0 Å². The van der Waals surface area contributed by atoms with Gasteiger partial charge >= 0.3 is 5.97 Å². The average Bonchev–Trinajstić information content (AvgIpc) is 2.76. The van der Waals surface area contributed by atoms with Crippen LogP contribution in [0.3, 0.4) is 0 Å². The van der Waals surface area contributed by atoms with Crippen molar-refractivity contribution in [3.8, 4) is 0 Å². The van der Waals surface area contributed by atoms with E-state index in [9.17, 15) is 9.90 Å². The van der Waals surface area contributed by atoms with Gasteiger partial charge in [-0.3, -0.25) is 14.6 Å². The molecule has 2 heterocycles. The maximum Gasteiger partial charge on any atom is 0.325 e. The highest BCUT2D eigenvalue weighted by molar-refractivity contribution is 5.79. The van der Waals surface area contributed by atoms with Crippen molar-refractivity contribution in [2.45, 2.75) is 31.8 Å². The molecule has 2 rings (SSSR count). The fraction of sp³-hybridized carbons (Fsp3) is 0.923. The summed E-state index contributed by atoms with van der Waals surface area (Å²) >= 11 is 0. The first-order valence-electron chi connectivity index (χ1n) is 6.87. The number of nitrogens with zero attached hydrogens (tertiary/aromatic N) is 3. The smallest absolute Gasteiger partial charge is 0.325 e. The molecule has 0 bridgehead atoms. The Bertz CT molecular complexity index is 313. The molecule has 0 aliphatic carbocycles. The van der Waals surface area contributed by atoms with Crippen LogP contribution in [0.5, 0.6) is 0 Å². The molecule has 1 N–H and O–H groups in total. The summed E-state index contributed by atoms with van der Waals surface area (Å²) in [6.07, 6.45) is 0.754. The summed E-state index contributed by atoms with van der Waals surface area (Å²) in [5.41, 5.74) is -0.647. The first-order valence-corrected chi connectivity index (χ1v) is 6.87. The Balaban J connectivity index is 2.11. The Kier molecular flexibility index (Phi) is 3.94. The van der Waals surface area contributed by atoms with Crippen LogP contribution in [0, 0.1) is 0 Å². The standard InChI is InChI=1S/C13H25N3O2/c1-11(2)15-5-4-13(10-15,12(17)18)16-8-6-14(3)7-9-16/h11H,4-10H2,1-3H3,(H,17,18). The lowest BCUT2D eigenvalue weighted by atomic mass is 9.95. The molecule has 0 saturated carbocycles. The SMILES string of the molecule is CC(C)N1CCC(C(=O)O)(N2CCN(C)CC2)C1. The summed E-state index contributed by atoms with van der Waals surface area (Å²) in [5.74, 6) is -0.643. The van der Waals surface area contributed by atoms with Gasteiger partial charge in [0.05, 0.1) is 0 Å². The molecule has 5 heteroatoms. The topological polar surface area (TPSA) is 47.0 Å². The summed E-state index contributed by atoms with van der Waals surface area (Å²) in [6, 6.07) is 0.429. The number of hydrogen-bond acceptors (Lipinski definition) is 4. The van der Waals surface area contributed by atoms with E-state index in [1.54, 1.807) is 0 Å². The highest BCUT2D eigenvalue weighted by Crippen LogP contribution is 2.30. The first kappa shape index (κ1) is 13.8. The van der Waals surface area contributed by atoms with Gasteiger partial charge in [0.1, 0.15) is 5.54 Å². The van der Waals surface area contributed by atoms with E-state index in [0.29, 0.717) is 12.6 Å². The predicted octanol–water partition coefficient (Wildman–Crippen LogP) is 0.171. The van der Waals surface area contributed by atoms with Crippen molar-refractivity contribution in [1.82, 2.24) is 14.7 Å². The van der Waals surface area contributed by atoms with Crippen LogP contribution in [0.2, 0.25) is 0 Å². The molecule has 0 aromatic rings. The van der Waals surface area contributed by atoms with Crippen molar-refractivity contribution < 1.29 is 9.90 Å². The van der Waals surface area contributed by atoms with E-state index in [1.165, 1.54) is 0 Å². The van der Waals surface area contributed by atoms with E-state index in [2.05, 4.69) is 35.6 Å². The Labute approximate surface area is 109 Å². The highest BCUT2D eigenvalue weighted by Gasteiger charge is 2.50. The fourth-order valence-corrected chi connectivity index (χ4v) is 3.07. The van der Waals surface area contributed by atoms with E-state index in [-0.39, 0.29) is 0 Å². The third kappa shape index (κ3) is 2.39. The van der Waals surface area contributed by atoms with Crippen LogP contribution in [-0.4, -0.2) is 83.7 Å². The zero-order valence-corrected chi connectivity index (χ0v) is 11.7. The molecule has 2 saturated heterocycles. The average molecular weight is 255 g/mol. The first-order chi connectivity index (χ1) is 8.45. The molecule has 5 nitrogen and oxygen atoms in total. The Morgan fingerprint density at radius 1 is 1.17 bits per heavy atom. The summed E-state index contributed by atoms with van der Waals surface area (Å²) < 4.78 is 0. The number of likely N-dealkylation sites (N-methyl/N-ethyl adjacent to an activating group) is 1. The quantitative estimate of drug-likeness (QED) is 0.779. The van der Waals surface area contributed by atoms with Crippen LogP contribution in [0.4, 0.5) is 0 Å². The van der Waals surface area contributed by atoms with Crippen LogP contribution >= 0.6 is 0 Å². The van der Waals surface area contributed by atoms with Crippen molar-refractivity contribution in [3.05, 3.63) is 0 Å². The molecule has 0 aromatic carbocycles. The lowest BCUT2D eigenvalue weighted by Gasteiger charge is -2.42. The van der Waals surface area contributed by atoms with Crippen molar-refractivity contribution in [3.63, 3.8) is 0 Å². The van der Waals surface area contributed by atoms with Gasteiger partial charge in [-0.1, -0.05) is 0 Å². The third-order valence-electron chi connectivity index (χ3n) is 4.51. The van der Waals surface area contributed by atoms with Crippen LogP contribution in [0.1, 0.15) is 20.3 Å². The summed E-state index contributed by atoms with van der Waals surface area (Å²) in [6.45, 7) is 9.53. The number of aliphatic carboxylic acids is 1. The molecule has 0 aromatic heterocycles. The van der Waals surface area contributed by atoms with E-state index in [1.807, 2.05) is 0 Å². The van der Waals surface area contributed by atoms with Crippen molar-refractivity contribution >= 4 is 5.97 Å². The number of rotatable bonds is 3. The van der Waals surface area contributed by atoms with Gasteiger partial charge in [-0.25, -0.2) is 0 Å². The fourth-order valence-electron chi connectivity index (χ4n) is 3.07. The minimum atomic E-state index is -0.647. The molecule has 0 amide bonds. The minimum absolute atomic E-state index is 0.429. The Hall–Kier alpha value is -0.650. The van der Waals surface area contributed by atoms with E-state index in [0.717, 1.165) is 39.1 Å². The zero-order valence-electron chi connectivity index (χ0n) is 11.7. The monoisotopic (exact) mass is 255 g/mol. The second-order valence-corrected chi connectivity index (χ2v) is 5.94. The van der Waals surface area contributed by atoms with Gasteiger partial charge in [0, 0.05) is 45.3 Å². The molecule has 2 aliphatic heterocycles. The Morgan fingerprint density at radius 3 is 2.22 bits per heavy atom. The van der Waals surface area contributed by atoms with Gasteiger partial charge < -0.3 is 10.0 Å². The molecule has 104 valence electrons. The number of carboxylic acid groups (broad SMARTS) is 1. The highest BCUT2D eigenvalue weighted by atomic mass is 16.4. The summed E-state index contributed by atoms with van der Waals surface area (Å²) in [4.78, 5) is 18.5.